The Balaban J connectivity index is 1.54. The molecule has 3 atom stereocenters. The number of nitrogens with zero attached hydrogens (tertiary/aromatic N) is 1. The molecule has 1 amide bonds. The van der Waals surface area contributed by atoms with Gasteiger partial charge in [-0.2, -0.15) is 0 Å². The van der Waals surface area contributed by atoms with Gasteiger partial charge in [-0.15, -0.1) is 0 Å². The van der Waals surface area contributed by atoms with E-state index in [9.17, 15) is 4.79 Å². The van der Waals surface area contributed by atoms with Crippen molar-refractivity contribution in [3.63, 3.8) is 0 Å². The van der Waals surface area contributed by atoms with Crippen molar-refractivity contribution in [1.82, 2.24) is 10.2 Å². The maximum Gasteiger partial charge on any atom is 0.227 e. The zero-order valence-electron chi connectivity index (χ0n) is 10.8. The fourth-order valence-corrected chi connectivity index (χ4v) is 4.05. The van der Waals surface area contributed by atoms with Crippen molar-refractivity contribution in [2.24, 2.45) is 11.8 Å². The van der Waals surface area contributed by atoms with E-state index in [2.05, 4.69) is 5.32 Å². The van der Waals surface area contributed by atoms with Gasteiger partial charge in [-0.1, -0.05) is 12.8 Å². The van der Waals surface area contributed by atoms with Gasteiger partial charge in [0.2, 0.25) is 5.91 Å². The van der Waals surface area contributed by atoms with Crippen LogP contribution in [0.3, 0.4) is 0 Å². The molecule has 96 valence electrons. The van der Waals surface area contributed by atoms with Crippen LogP contribution in [-0.4, -0.2) is 36.5 Å². The first-order valence-electron chi connectivity index (χ1n) is 7.25. The van der Waals surface area contributed by atoms with Gasteiger partial charge < -0.3 is 10.2 Å². The van der Waals surface area contributed by atoms with Crippen molar-refractivity contribution in [2.45, 2.75) is 57.0 Å². The van der Waals surface area contributed by atoms with Gasteiger partial charge in [0.1, 0.15) is 0 Å². The summed E-state index contributed by atoms with van der Waals surface area (Å²) in [6, 6.07) is 1.12. The summed E-state index contributed by atoms with van der Waals surface area (Å²) in [5, 5.41) is 3.56. The Morgan fingerprint density at radius 2 is 2.00 bits per heavy atom. The summed E-state index contributed by atoms with van der Waals surface area (Å²) in [6.07, 6.45) is 8.95. The first-order chi connectivity index (χ1) is 8.24. The monoisotopic (exact) mass is 236 g/mol. The largest absolute Gasteiger partial charge is 0.345 e. The van der Waals surface area contributed by atoms with E-state index in [1.807, 2.05) is 11.9 Å². The summed E-state index contributed by atoms with van der Waals surface area (Å²) in [4.78, 5) is 14.4. The van der Waals surface area contributed by atoms with E-state index in [1.165, 1.54) is 38.5 Å². The molecule has 0 spiro atoms. The Kier molecular flexibility index (Phi) is 3.12. The summed E-state index contributed by atoms with van der Waals surface area (Å²) in [6.45, 7) is 0.993. The Morgan fingerprint density at radius 3 is 2.59 bits per heavy atom. The molecule has 17 heavy (non-hydrogen) atoms. The molecule has 3 nitrogen and oxygen atoms in total. The highest BCUT2D eigenvalue weighted by Gasteiger charge is 2.43. The molecule has 0 aromatic carbocycles. The van der Waals surface area contributed by atoms with E-state index in [-0.39, 0.29) is 5.92 Å². The second kappa shape index (κ2) is 4.60. The van der Waals surface area contributed by atoms with E-state index in [0.29, 0.717) is 18.0 Å². The van der Waals surface area contributed by atoms with Crippen LogP contribution in [0.2, 0.25) is 0 Å². The van der Waals surface area contributed by atoms with Gasteiger partial charge in [0, 0.05) is 25.7 Å². The summed E-state index contributed by atoms with van der Waals surface area (Å²) < 4.78 is 0. The van der Waals surface area contributed by atoms with Crippen molar-refractivity contribution in [1.29, 1.82) is 0 Å². The third-order valence-corrected chi connectivity index (χ3v) is 5.00. The molecule has 3 fully saturated rings. The van der Waals surface area contributed by atoms with Crippen LogP contribution < -0.4 is 5.32 Å². The number of rotatable bonds is 3. The molecule has 2 saturated heterocycles. The number of nitrogens with one attached hydrogen (secondary N) is 1. The quantitative estimate of drug-likeness (QED) is 0.810. The highest BCUT2D eigenvalue weighted by atomic mass is 16.2. The van der Waals surface area contributed by atoms with E-state index in [4.69, 9.17) is 0 Å². The third kappa shape index (κ3) is 2.22. The molecule has 3 aliphatic rings. The van der Waals surface area contributed by atoms with Gasteiger partial charge >= 0.3 is 0 Å². The number of hydrogen-bond donors (Lipinski definition) is 1. The first kappa shape index (κ1) is 11.5. The molecule has 0 radical (unpaired) electrons. The van der Waals surface area contributed by atoms with Crippen molar-refractivity contribution in [3.8, 4) is 0 Å². The molecule has 3 rings (SSSR count). The number of carbonyl (C=O) groups excluding carboxylic acids is 1. The number of amides is 1. The molecular formula is C14H24N2O. The summed E-state index contributed by atoms with van der Waals surface area (Å²) in [7, 11) is 2.01. The van der Waals surface area contributed by atoms with Gasteiger partial charge in [0.05, 0.1) is 5.92 Å². The number of carbonyl (C=O) groups is 1. The average molecular weight is 236 g/mol. The molecule has 0 aromatic rings. The van der Waals surface area contributed by atoms with E-state index >= 15 is 0 Å². The molecule has 1 saturated carbocycles. The second-order valence-corrected chi connectivity index (χ2v) is 6.26. The lowest BCUT2D eigenvalue weighted by atomic mass is 9.88. The minimum Gasteiger partial charge on any atom is -0.345 e. The van der Waals surface area contributed by atoms with Crippen LogP contribution in [0, 0.1) is 11.8 Å². The second-order valence-electron chi connectivity index (χ2n) is 6.26. The van der Waals surface area contributed by atoms with Crippen LogP contribution in [0.1, 0.15) is 44.9 Å². The fourth-order valence-electron chi connectivity index (χ4n) is 4.05. The van der Waals surface area contributed by atoms with Gasteiger partial charge in [-0.25, -0.2) is 0 Å². The smallest absolute Gasteiger partial charge is 0.227 e. The van der Waals surface area contributed by atoms with E-state index in [0.717, 1.165) is 18.9 Å². The molecule has 1 N–H and O–H groups in total. The Hall–Kier alpha value is -0.570. The predicted molar refractivity (Wildman–Crippen MR) is 67.6 cm³/mol. The topological polar surface area (TPSA) is 32.3 Å². The van der Waals surface area contributed by atoms with Crippen LogP contribution in [0.4, 0.5) is 0 Å². The minimum absolute atomic E-state index is 0.278. The highest BCUT2D eigenvalue weighted by molar-refractivity contribution is 5.80. The molecule has 1 aliphatic carbocycles. The Morgan fingerprint density at radius 1 is 1.24 bits per heavy atom. The van der Waals surface area contributed by atoms with Gasteiger partial charge in [-0.05, 0) is 38.0 Å². The van der Waals surface area contributed by atoms with Crippen LogP contribution in [-0.2, 0) is 4.79 Å². The standard InChI is InChI=1S/C14H24N2O/c1-16(9-10-4-2-3-5-10)14(17)12-8-11-6-7-13(12)15-11/h10-13,15H,2-9H2,1H3. The average Bonchev–Trinajstić information content (AvgIpc) is 3.04. The van der Waals surface area contributed by atoms with Gasteiger partial charge in [0.15, 0.2) is 0 Å². The molecule has 2 heterocycles. The molecular weight excluding hydrogens is 212 g/mol. The zero-order valence-corrected chi connectivity index (χ0v) is 10.8. The molecule has 3 unspecified atom stereocenters. The van der Waals surface area contributed by atoms with E-state index < -0.39 is 0 Å². The number of fused-ring (bicyclic) bond motifs is 2. The van der Waals surface area contributed by atoms with E-state index in [1.54, 1.807) is 0 Å². The van der Waals surface area contributed by atoms with Crippen molar-refractivity contribution < 1.29 is 4.79 Å². The lowest BCUT2D eigenvalue weighted by Gasteiger charge is -2.27. The lowest BCUT2D eigenvalue weighted by Crippen LogP contribution is -2.40. The molecule has 2 bridgehead atoms. The summed E-state index contributed by atoms with van der Waals surface area (Å²) in [5.41, 5.74) is 0. The van der Waals surface area contributed by atoms with Crippen molar-refractivity contribution in [2.75, 3.05) is 13.6 Å². The summed E-state index contributed by atoms with van der Waals surface area (Å²) >= 11 is 0. The molecule has 2 aliphatic heterocycles. The normalized spacial score (nSPS) is 36.6. The third-order valence-electron chi connectivity index (χ3n) is 5.00. The van der Waals surface area contributed by atoms with Crippen LogP contribution in [0.5, 0.6) is 0 Å². The number of hydrogen-bond acceptors (Lipinski definition) is 2. The Labute approximate surface area is 104 Å². The SMILES string of the molecule is CN(CC1CCCC1)C(=O)C1CC2CCC1N2. The lowest BCUT2D eigenvalue weighted by molar-refractivity contribution is -0.135. The maximum absolute atomic E-state index is 12.4. The Bertz CT molecular complexity index is 299. The van der Waals surface area contributed by atoms with Crippen molar-refractivity contribution in [3.05, 3.63) is 0 Å². The predicted octanol–water partition coefficient (Wildman–Crippen LogP) is 1.78. The van der Waals surface area contributed by atoms with Crippen molar-refractivity contribution >= 4 is 5.91 Å². The molecule has 0 aromatic heterocycles. The van der Waals surface area contributed by atoms with Gasteiger partial charge in [0.25, 0.3) is 0 Å². The zero-order chi connectivity index (χ0) is 11.8. The fraction of sp³-hybridized carbons (Fsp3) is 0.929. The summed E-state index contributed by atoms with van der Waals surface area (Å²) in [5.74, 6) is 1.45. The first-order valence-corrected chi connectivity index (χ1v) is 7.25. The van der Waals surface area contributed by atoms with Crippen LogP contribution in [0.25, 0.3) is 0 Å². The minimum atomic E-state index is 0.278. The molecule has 3 heteroatoms. The maximum atomic E-state index is 12.4. The van der Waals surface area contributed by atoms with Crippen LogP contribution in [0.15, 0.2) is 0 Å². The van der Waals surface area contributed by atoms with Gasteiger partial charge in [-0.3, -0.25) is 4.79 Å². The highest BCUT2D eigenvalue weighted by Crippen LogP contribution is 2.34. The van der Waals surface area contributed by atoms with Crippen LogP contribution >= 0.6 is 0 Å².